The SMILES string of the molecule is O=C(OCc1ccc(COC(=O)c2ccccc2)o1)c1ccccc1. The van der Waals surface area contributed by atoms with Crippen molar-refractivity contribution in [3.8, 4) is 0 Å². The quantitative estimate of drug-likeness (QED) is 0.637. The molecule has 0 fully saturated rings. The topological polar surface area (TPSA) is 65.7 Å². The van der Waals surface area contributed by atoms with E-state index in [1.165, 1.54) is 0 Å². The predicted molar refractivity (Wildman–Crippen MR) is 89.8 cm³/mol. The van der Waals surface area contributed by atoms with Crippen LogP contribution < -0.4 is 0 Å². The lowest BCUT2D eigenvalue weighted by Gasteiger charge is -2.03. The van der Waals surface area contributed by atoms with Gasteiger partial charge in [0.05, 0.1) is 11.1 Å². The van der Waals surface area contributed by atoms with Crippen molar-refractivity contribution in [3.05, 3.63) is 95.4 Å². The average Bonchev–Trinajstić information content (AvgIpc) is 3.13. The third kappa shape index (κ3) is 4.57. The maximum atomic E-state index is 11.9. The molecule has 0 saturated heterocycles. The number of hydrogen-bond donors (Lipinski definition) is 0. The van der Waals surface area contributed by atoms with Crippen molar-refractivity contribution in [1.82, 2.24) is 0 Å². The van der Waals surface area contributed by atoms with Gasteiger partial charge in [-0.2, -0.15) is 0 Å². The van der Waals surface area contributed by atoms with E-state index < -0.39 is 11.9 Å². The molecule has 3 aromatic rings. The fraction of sp³-hybridized carbons (Fsp3) is 0.100. The highest BCUT2D eigenvalue weighted by Gasteiger charge is 2.11. The maximum absolute atomic E-state index is 11.9. The standard InChI is InChI=1S/C20H16O5/c21-19(15-7-3-1-4-8-15)23-13-17-11-12-18(25-17)14-24-20(22)16-9-5-2-6-10-16/h1-12H,13-14H2. The molecule has 25 heavy (non-hydrogen) atoms. The molecule has 126 valence electrons. The molecule has 0 saturated carbocycles. The van der Waals surface area contributed by atoms with Crippen molar-refractivity contribution in [2.75, 3.05) is 0 Å². The fourth-order valence-corrected chi connectivity index (χ4v) is 2.17. The van der Waals surface area contributed by atoms with Crippen LogP contribution in [0.3, 0.4) is 0 Å². The number of ether oxygens (including phenoxy) is 2. The lowest BCUT2D eigenvalue weighted by Crippen LogP contribution is -2.05. The lowest BCUT2D eigenvalue weighted by atomic mass is 10.2. The third-order valence-electron chi connectivity index (χ3n) is 3.43. The Balaban J connectivity index is 1.49. The van der Waals surface area contributed by atoms with E-state index >= 15 is 0 Å². The van der Waals surface area contributed by atoms with Crippen LogP contribution in [0.1, 0.15) is 32.2 Å². The Morgan fingerprint density at radius 1 is 0.640 bits per heavy atom. The molecule has 0 radical (unpaired) electrons. The zero-order valence-electron chi connectivity index (χ0n) is 13.4. The molecule has 1 heterocycles. The number of carbonyl (C=O) groups is 2. The predicted octanol–water partition coefficient (Wildman–Crippen LogP) is 3.99. The molecule has 0 atom stereocenters. The number of esters is 2. The van der Waals surface area contributed by atoms with Crippen molar-refractivity contribution in [2.24, 2.45) is 0 Å². The average molecular weight is 336 g/mol. The Labute approximate surface area is 144 Å². The first-order valence-corrected chi connectivity index (χ1v) is 7.74. The molecule has 5 nitrogen and oxygen atoms in total. The van der Waals surface area contributed by atoms with E-state index in [0.29, 0.717) is 22.6 Å². The van der Waals surface area contributed by atoms with Crippen LogP contribution in [0.25, 0.3) is 0 Å². The van der Waals surface area contributed by atoms with Gasteiger partial charge in [-0.1, -0.05) is 36.4 Å². The highest BCUT2D eigenvalue weighted by atomic mass is 16.6. The van der Waals surface area contributed by atoms with Crippen molar-refractivity contribution in [1.29, 1.82) is 0 Å². The maximum Gasteiger partial charge on any atom is 0.338 e. The summed E-state index contributed by atoms with van der Waals surface area (Å²) in [6.07, 6.45) is 0. The second kappa shape index (κ2) is 7.97. The van der Waals surface area contributed by atoms with Crippen molar-refractivity contribution >= 4 is 11.9 Å². The van der Waals surface area contributed by atoms with Crippen LogP contribution in [-0.4, -0.2) is 11.9 Å². The lowest BCUT2D eigenvalue weighted by molar-refractivity contribution is 0.0417. The zero-order chi connectivity index (χ0) is 17.5. The Morgan fingerprint density at radius 2 is 1.04 bits per heavy atom. The van der Waals surface area contributed by atoms with E-state index in [2.05, 4.69) is 0 Å². The van der Waals surface area contributed by atoms with Crippen LogP contribution in [0.5, 0.6) is 0 Å². The molecular weight excluding hydrogens is 320 g/mol. The van der Waals surface area contributed by atoms with Crippen molar-refractivity contribution < 1.29 is 23.5 Å². The number of hydrogen-bond acceptors (Lipinski definition) is 5. The fourth-order valence-electron chi connectivity index (χ4n) is 2.17. The second-order valence-electron chi connectivity index (χ2n) is 5.25. The van der Waals surface area contributed by atoms with E-state index in [0.717, 1.165) is 0 Å². The number of benzene rings is 2. The van der Waals surface area contributed by atoms with E-state index in [-0.39, 0.29) is 13.2 Å². The molecule has 0 bridgehead atoms. The molecule has 3 rings (SSSR count). The summed E-state index contributed by atoms with van der Waals surface area (Å²) in [6.45, 7) is 0.0285. The largest absolute Gasteiger partial charge is 0.459 e. The minimum atomic E-state index is -0.422. The van der Waals surface area contributed by atoms with Crippen LogP contribution in [0.4, 0.5) is 0 Å². The molecule has 5 heteroatoms. The van der Waals surface area contributed by atoms with Crippen LogP contribution in [0.2, 0.25) is 0 Å². The monoisotopic (exact) mass is 336 g/mol. The third-order valence-corrected chi connectivity index (χ3v) is 3.43. The van der Waals surface area contributed by atoms with Gasteiger partial charge >= 0.3 is 11.9 Å². The molecule has 0 N–H and O–H groups in total. The summed E-state index contributed by atoms with van der Waals surface area (Å²) >= 11 is 0. The highest BCUT2D eigenvalue weighted by Crippen LogP contribution is 2.13. The Bertz CT molecular complexity index is 767. The summed E-state index contributed by atoms with van der Waals surface area (Å²) in [5.41, 5.74) is 0.956. The summed E-state index contributed by atoms with van der Waals surface area (Å²) in [6, 6.07) is 20.8. The van der Waals surface area contributed by atoms with E-state index in [9.17, 15) is 9.59 Å². The van der Waals surface area contributed by atoms with Gasteiger partial charge in [0.1, 0.15) is 24.7 Å². The van der Waals surface area contributed by atoms with Gasteiger partial charge in [0, 0.05) is 0 Å². The smallest absolute Gasteiger partial charge is 0.338 e. The van der Waals surface area contributed by atoms with Gasteiger partial charge in [0.2, 0.25) is 0 Å². The Morgan fingerprint density at radius 3 is 1.44 bits per heavy atom. The van der Waals surface area contributed by atoms with Gasteiger partial charge < -0.3 is 13.9 Å². The van der Waals surface area contributed by atoms with Gasteiger partial charge in [-0.25, -0.2) is 9.59 Å². The minimum Gasteiger partial charge on any atom is -0.459 e. The molecule has 2 aromatic carbocycles. The van der Waals surface area contributed by atoms with Crippen LogP contribution in [-0.2, 0) is 22.7 Å². The van der Waals surface area contributed by atoms with Crippen molar-refractivity contribution in [2.45, 2.75) is 13.2 Å². The summed E-state index contributed by atoms with van der Waals surface area (Å²) in [5, 5.41) is 0. The van der Waals surface area contributed by atoms with Gasteiger partial charge in [-0.05, 0) is 36.4 Å². The Kier molecular flexibility index (Phi) is 5.26. The first-order chi connectivity index (χ1) is 12.2. The minimum absolute atomic E-state index is 0.0142. The molecule has 0 spiro atoms. The molecule has 0 amide bonds. The van der Waals surface area contributed by atoms with Gasteiger partial charge in [-0.3, -0.25) is 0 Å². The van der Waals surface area contributed by atoms with Crippen LogP contribution >= 0.6 is 0 Å². The zero-order valence-corrected chi connectivity index (χ0v) is 13.4. The van der Waals surface area contributed by atoms with E-state index in [4.69, 9.17) is 13.9 Å². The van der Waals surface area contributed by atoms with E-state index in [1.54, 1.807) is 60.7 Å². The van der Waals surface area contributed by atoms with Gasteiger partial charge in [0.25, 0.3) is 0 Å². The molecular formula is C20H16O5. The number of carbonyl (C=O) groups excluding carboxylic acids is 2. The van der Waals surface area contributed by atoms with Crippen molar-refractivity contribution in [3.63, 3.8) is 0 Å². The molecule has 0 aliphatic rings. The van der Waals surface area contributed by atoms with E-state index in [1.807, 2.05) is 12.1 Å². The molecule has 0 aliphatic carbocycles. The summed E-state index contributed by atoms with van der Waals surface area (Å²) in [7, 11) is 0. The summed E-state index contributed by atoms with van der Waals surface area (Å²) < 4.78 is 15.9. The van der Waals surface area contributed by atoms with Crippen LogP contribution in [0.15, 0.2) is 77.2 Å². The second-order valence-corrected chi connectivity index (χ2v) is 5.25. The summed E-state index contributed by atoms with van der Waals surface area (Å²) in [5.74, 6) is 0.119. The normalized spacial score (nSPS) is 10.2. The first kappa shape index (κ1) is 16.5. The highest BCUT2D eigenvalue weighted by molar-refractivity contribution is 5.89. The first-order valence-electron chi connectivity index (χ1n) is 7.74. The van der Waals surface area contributed by atoms with Gasteiger partial charge in [-0.15, -0.1) is 0 Å². The Hall–Kier alpha value is -3.34. The van der Waals surface area contributed by atoms with Gasteiger partial charge in [0.15, 0.2) is 0 Å². The molecule has 0 unspecified atom stereocenters. The summed E-state index contributed by atoms with van der Waals surface area (Å²) in [4.78, 5) is 23.7. The van der Waals surface area contributed by atoms with Crippen LogP contribution in [0, 0.1) is 0 Å². The molecule has 1 aromatic heterocycles. The number of furan rings is 1. The molecule has 0 aliphatic heterocycles. The number of rotatable bonds is 6.